The van der Waals surface area contributed by atoms with E-state index in [-0.39, 0.29) is 11.9 Å². The van der Waals surface area contributed by atoms with Gasteiger partial charge in [-0.3, -0.25) is 4.79 Å². The van der Waals surface area contributed by atoms with Crippen LogP contribution in [0.3, 0.4) is 0 Å². The van der Waals surface area contributed by atoms with E-state index in [4.69, 9.17) is 5.73 Å². The second kappa shape index (κ2) is 5.80. The number of thiazole rings is 1. The molecule has 0 aromatic carbocycles. The van der Waals surface area contributed by atoms with Crippen molar-refractivity contribution in [2.45, 2.75) is 39.2 Å². The van der Waals surface area contributed by atoms with Gasteiger partial charge < -0.3 is 10.6 Å². The molecule has 1 atom stereocenters. The Morgan fingerprint density at radius 3 is 2.78 bits per heavy atom. The third kappa shape index (κ3) is 3.09. The van der Waals surface area contributed by atoms with Gasteiger partial charge in [0.2, 0.25) is 5.91 Å². The fourth-order valence-corrected chi connectivity index (χ4v) is 3.07. The number of hydrogen-bond acceptors (Lipinski definition) is 4. The zero-order valence-electron chi connectivity index (χ0n) is 11.1. The lowest BCUT2D eigenvalue weighted by molar-refractivity contribution is -0.129. The van der Waals surface area contributed by atoms with Crippen molar-refractivity contribution in [3.63, 3.8) is 0 Å². The highest BCUT2D eigenvalue weighted by Gasteiger charge is 2.20. The topological polar surface area (TPSA) is 59.2 Å². The van der Waals surface area contributed by atoms with Crippen molar-refractivity contribution < 1.29 is 4.79 Å². The lowest BCUT2D eigenvalue weighted by atomic mass is 10.1. The molecule has 2 N–H and O–H groups in total. The molecular weight excluding hydrogens is 246 g/mol. The molecule has 1 saturated heterocycles. The molecule has 1 unspecified atom stereocenters. The lowest BCUT2D eigenvalue weighted by Gasteiger charge is -2.14. The van der Waals surface area contributed by atoms with E-state index in [1.54, 1.807) is 11.3 Å². The van der Waals surface area contributed by atoms with Gasteiger partial charge >= 0.3 is 0 Å². The van der Waals surface area contributed by atoms with Gasteiger partial charge in [-0.2, -0.15) is 0 Å². The van der Waals surface area contributed by atoms with Gasteiger partial charge in [0.1, 0.15) is 5.01 Å². The second-order valence-electron chi connectivity index (χ2n) is 5.21. The normalized spacial score (nSPS) is 17.4. The molecule has 1 aliphatic heterocycles. The van der Waals surface area contributed by atoms with Crippen LogP contribution in [0.4, 0.5) is 0 Å². The van der Waals surface area contributed by atoms with Gasteiger partial charge in [0, 0.05) is 18.5 Å². The summed E-state index contributed by atoms with van der Waals surface area (Å²) in [7, 11) is 0. The number of rotatable bonds is 4. The van der Waals surface area contributed by atoms with Gasteiger partial charge in [-0.1, -0.05) is 13.8 Å². The predicted molar refractivity (Wildman–Crippen MR) is 73.4 cm³/mol. The van der Waals surface area contributed by atoms with Crippen molar-refractivity contribution in [3.8, 4) is 0 Å². The summed E-state index contributed by atoms with van der Waals surface area (Å²) in [6.07, 6.45) is 2.68. The van der Waals surface area contributed by atoms with Gasteiger partial charge in [-0.15, -0.1) is 11.3 Å². The highest BCUT2D eigenvalue weighted by molar-refractivity contribution is 7.09. The molecule has 0 spiro atoms. The number of carbonyl (C=O) groups is 1. The predicted octanol–water partition coefficient (Wildman–Crippen LogP) is 1.96. The number of amides is 1. The number of carbonyl (C=O) groups excluding carboxylic acids is 1. The summed E-state index contributed by atoms with van der Waals surface area (Å²) in [6.45, 7) is 5.98. The molecule has 4 nitrogen and oxygen atoms in total. The molecule has 18 heavy (non-hydrogen) atoms. The zero-order chi connectivity index (χ0) is 13.1. The van der Waals surface area contributed by atoms with Crippen LogP contribution in [-0.2, 0) is 11.2 Å². The van der Waals surface area contributed by atoms with Crippen LogP contribution in [-0.4, -0.2) is 28.9 Å². The van der Waals surface area contributed by atoms with Crippen LogP contribution in [0.1, 0.15) is 43.4 Å². The fraction of sp³-hybridized carbons (Fsp3) is 0.692. The molecule has 5 heteroatoms. The van der Waals surface area contributed by atoms with Crippen LogP contribution in [0.15, 0.2) is 5.38 Å². The van der Waals surface area contributed by atoms with Crippen LogP contribution in [0.25, 0.3) is 0 Å². The molecule has 1 amide bonds. The highest BCUT2D eigenvalue weighted by atomic mass is 32.1. The minimum atomic E-state index is -0.0226. The van der Waals surface area contributed by atoms with Crippen molar-refractivity contribution in [2.75, 3.05) is 13.1 Å². The van der Waals surface area contributed by atoms with E-state index in [0.717, 1.165) is 36.6 Å². The lowest BCUT2D eigenvalue weighted by Crippen LogP contribution is -2.29. The van der Waals surface area contributed by atoms with Crippen LogP contribution in [0, 0.1) is 5.92 Å². The van der Waals surface area contributed by atoms with Gasteiger partial charge in [0.15, 0.2) is 0 Å². The number of nitrogens with zero attached hydrogens (tertiary/aromatic N) is 2. The molecule has 1 aromatic heterocycles. The van der Waals surface area contributed by atoms with Gasteiger partial charge in [-0.25, -0.2) is 4.98 Å². The standard InChI is InChI=1S/C13H21N3OS/c1-9(2)12(14)13-15-10(8-18-13)7-11(17)16-5-3-4-6-16/h8-9,12H,3-7,14H2,1-2H3. The van der Waals surface area contributed by atoms with Crippen LogP contribution in [0.5, 0.6) is 0 Å². The van der Waals surface area contributed by atoms with Crippen LogP contribution >= 0.6 is 11.3 Å². The molecule has 0 saturated carbocycles. The summed E-state index contributed by atoms with van der Waals surface area (Å²) < 4.78 is 0. The minimum absolute atomic E-state index is 0.0226. The van der Waals surface area contributed by atoms with E-state index in [0.29, 0.717) is 12.3 Å². The summed E-state index contributed by atoms with van der Waals surface area (Å²) in [5.74, 6) is 0.570. The first-order chi connectivity index (χ1) is 8.58. The molecule has 2 heterocycles. The quantitative estimate of drug-likeness (QED) is 0.907. The Morgan fingerprint density at radius 2 is 2.17 bits per heavy atom. The Hall–Kier alpha value is -0.940. The van der Waals surface area contributed by atoms with Gasteiger partial charge in [0.05, 0.1) is 18.2 Å². The SMILES string of the molecule is CC(C)C(N)c1nc(CC(=O)N2CCCC2)cs1. The third-order valence-electron chi connectivity index (χ3n) is 3.36. The average Bonchev–Trinajstić information content (AvgIpc) is 2.98. The molecule has 1 aromatic rings. The first-order valence-electron chi connectivity index (χ1n) is 6.55. The molecule has 0 radical (unpaired) electrons. The first kappa shape index (κ1) is 13.5. The number of nitrogens with two attached hydrogens (primary N) is 1. The van der Waals surface area contributed by atoms with Crippen molar-refractivity contribution >= 4 is 17.2 Å². The molecular formula is C13H21N3OS. The van der Waals surface area contributed by atoms with Gasteiger partial charge in [-0.05, 0) is 18.8 Å². The zero-order valence-corrected chi connectivity index (χ0v) is 11.9. The van der Waals surface area contributed by atoms with E-state index in [9.17, 15) is 4.79 Å². The maximum atomic E-state index is 12.0. The number of hydrogen-bond donors (Lipinski definition) is 1. The molecule has 0 aliphatic carbocycles. The largest absolute Gasteiger partial charge is 0.342 e. The van der Waals surface area contributed by atoms with Crippen molar-refractivity contribution in [1.82, 2.24) is 9.88 Å². The third-order valence-corrected chi connectivity index (χ3v) is 4.36. The summed E-state index contributed by atoms with van der Waals surface area (Å²) >= 11 is 1.56. The number of likely N-dealkylation sites (tertiary alicyclic amines) is 1. The summed E-state index contributed by atoms with van der Waals surface area (Å²) in [6, 6.07) is -0.0226. The second-order valence-corrected chi connectivity index (χ2v) is 6.10. The van der Waals surface area contributed by atoms with Crippen LogP contribution < -0.4 is 5.73 Å². The van der Waals surface area contributed by atoms with E-state index in [2.05, 4.69) is 18.8 Å². The van der Waals surface area contributed by atoms with Gasteiger partial charge in [0.25, 0.3) is 0 Å². The van der Waals surface area contributed by atoms with E-state index < -0.39 is 0 Å². The smallest absolute Gasteiger partial charge is 0.228 e. The Bertz CT molecular complexity index is 410. The maximum absolute atomic E-state index is 12.0. The average molecular weight is 267 g/mol. The minimum Gasteiger partial charge on any atom is -0.342 e. The van der Waals surface area contributed by atoms with Crippen molar-refractivity contribution in [3.05, 3.63) is 16.1 Å². The Labute approximate surface area is 112 Å². The highest BCUT2D eigenvalue weighted by Crippen LogP contribution is 2.23. The summed E-state index contributed by atoms with van der Waals surface area (Å²) in [5.41, 5.74) is 6.92. The van der Waals surface area contributed by atoms with E-state index in [1.807, 2.05) is 10.3 Å². The Morgan fingerprint density at radius 1 is 1.50 bits per heavy atom. The van der Waals surface area contributed by atoms with Crippen molar-refractivity contribution in [1.29, 1.82) is 0 Å². The van der Waals surface area contributed by atoms with Crippen LogP contribution in [0.2, 0.25) is 0 Å². The first-order valence-corrected chi connectivity index (χ1v) is 7.43. The Balaban J connectivity index is 1.95. The molecule has 0 bridgehead atoms. The molecule has 1 fully saturated rings. The summed E-state index contributed by atoms with van der Waals surface area (Å²) in [5, 5.41) is 2.90. The molecule has 2 rings (SSSR count). The number of aromatic nitrogens is 1. The van der Waals surface area contributed by atoms with Crippen molar-refractivity contribution in [2.24, 2.45) is 11.7 Å². The molecule has 1 aliphatic rings. The summed E-state index contributed by atoms with van der Waals surface area (Å²) in [4.78, 5) is 18.4. The maximum Gasteiger partial charge on any atom is 0.228 e. The molecule has 100 valence electrons. The van der Waals surface area contributed by atoms with E-state index >= 15 is 0 Å². The fourth-order valence-electron chi connectivity index (χ4n) is 2.08. The monoisotopic (exact) mass is 267 g/mol. The van der Waals surface area contributed by atoms with E-state index in [1.165, 1.54) is 0 Å². The Kier molecular flexibility index (Phi) is 4.35.